The van der Waals surface area contributed by atoms with Gasteiger partial charge in [-0.15, -0.1) is 0 Å². The van der Waals surface area contributed by atoms with E-state index in [4.69, 9.17) is 18.9 Å². The molecule has 2 aliphatic heterocycles. The zero-order chi connectivity index (χ0) is 20.9. The highest BCUT2D eigenvalue weighted by molar-refractivity contribution is 6.02. The van der Waals surface area contributed by atoms with Crippen LogP contribution in [0, 0.1) is 0 Å². The molecule has 32 heavy (non-hydrogen) atoms. The van der Waals surface area contributed by atoms with Gasteiger partial charge in [-0.05, 0) is 47.0 Å². The first-order valence-electron chi connectivity index (χ1n) is 10.2. The van der Waals surface area contributed by atoms with Crippen LogP contribution >= 0.6 is 0 Å². The molecule has 0 spiro atoms. The molecule has 0 aliphatic carbocycles. The fourth-order valence-corrected chi connectivity index (χ4v) is 4.62. The summed E-state index contributed by atoms with van der Waals surface area (Å²) < 4.78 is 25.0. The van der Waals surface area contributed by atoms with Gasteiger partial charge in [0, 0.05) is 30.3 Å². The van der Waals surface area contributed by atoms with Gasteiger partial charge in [0.2, 0.25) is 12.5 Å². The standard InChI is InChI=1S/C25H21N2O4.ClH/c1-28-24-11-17(15-3-6-26-7-4-15)19-10-21-18-12-23-22(30-14-31-23)9-16(18)5-8-27(21)13-20(19)25(24)29-2;/h3-4,6-7,9-13H,5,8,14H2,1-2H3;1H/q+1;/p-1. The molecule has 162 valence electrons. The molecule has 0 bridgehead atoms. The van der Waals surface area contributed by atoms with Crippen molar-refractivity contribution in [3.63, 3.8) is 0 Å². The van der Waals surface area contributed by atoms with Crippen molar-refractivity contribution in [3.05, 3.63) is 60.6 Å². The largest absolute Gasteiger partial charge is 1.00 e. The van der Waals surface area contributed by atoms with Gasteiger partial charge in [0.15, 0.2) is 35.7 Å². The van der Waals surface area contributed by atoms with Crippen molar-refractivity contribution in [2.24, 2.45) is 0 Å². The van der Waals surface area contributed by atoms with Crippen molar-refractivity contribution >= 4 is 10.8 Å². The number of hydrogen-bond acceptors (Lipinski definition) is 5. The number of rotatable bonds is 3. The van der Waals surface area contributed by atoms with Crippen LogP contribution in [-0.4, -0.2) is 26.0 Å². The number of pyridine rings is 2. The first-order chi connectivity index (χ1) is 15.3. The van der Waals surface area contributed by atoms with E-state index in [2.05, 4.69) is 33.9 Å². The lowest BCUT2D eigenvalue weighted by Gasteiger charge is -2.19. The van der Waals surface area contributed by atoms with Gasteiger partial charge >= 0.3 is 0 Å². The van der Waals surface area contributed by atoms with Crippen molar-refractivity contribution in [2.45, 2.75) is 13.0 Å². The highest BCUT2D eigenvalue weighted by Gasteiger charge is 2.29. The molecule has 0 saturated carbocycles. The van der Waals surface area contributed by atoms with Crippen LogP contribution in [0.1, 0.15) is 5.56 Å². The Bertz CT molecular complexity index is 1340. The zero-order valence-corrected chi connectivity index (χ0v) is 18.5. The van der Waals surface area contributed by atoms with E-state index in [9.17, 15) is 0 Å². The molecule has 0 N–H and O–H groups in total. The summed E-state index contributed by atoms with van der Waals surface area (Å²) >= 11 is 0. The average molecular weight is 449 g/mol. The predicted molar refractivity (Wildman–Crippen MR) is 116 cm³/mol. The lowest BCUT2D eigenvalue weighted by atomic mass is 9.92. The SMILES string of the molecule is COc1cc(-c2ccncc2)c2cc3[n+](cc2c1OC)CCc1cc2c(cc1-3)OCO2.[Cl-]. The van der Waals surface area contributed by atoms with Crippen molar-refractivity contribution in [1.29, 1.82) is 0 Å². The summed E-state index contributed by atoms with van der Waals surface area (Å²) in [5, 5.41) is 2.11. The first-order valence-corrected chi connectivity index (χ1v) is 10.2. The molecule has 6 nitrogen and oxygen atoms in total. The minimum absolute atomic E-state index is 0. The van der Waals surface area contributed by atoms with Gasteiger partial charge in [-0.25, -0.2) is 0 Å². The maximum atomic E-state index is 5.77. The van der Waals surface area contributed by atoms with E-state index in [-0.39, 0.29) is 19.2 Å². The van der Waals surface area contributed by atoms with E-state index >= 15 is 0 Å². The number of aryl methyl sites for hydroxylation is 2. The number of nitrogens with zero attached hydrogens (tertiary/aromatic N) is 2. The summed E-state index contributed by atoms with van der Waals surface area (Å²) in [7, 11) is 3.36. The number of fused-ring (bicyclic) bond motifs is 5. The van der Waals surface area contributed by atoms with Gasteiger partial charge in [0.1, 0.15) is 0 Å². The third-order valence-electron chi connectivity index (χ3n) is 6.11. The van der Waals surface area contributed by atoms with E-state index in [1.54, 1.807) is 26.6 Å². The van der Waals surface area contributed by atoms with E-state index in [0.29, 0.717) is 5.75 Å². The van der Waals surface area contributed by atoms with Crippen LogP contribution in [0.3, 0.4) is 0 Å². The van der Waals surface area contributed by atoms with Gasteiger partial charge in [-0.1, -0.05) is 0 Å². The molecule has 7 heteroatoms. The fraction of sp³-hybridized carbons (Fsp3) is 0.200. The average Bonchev–Trinajstić information content (AvgIpc) is 3.28. The van der Waals surface area contributed by atoms with E-state index in [1.807, 2.05) is 18.2 Å². The number of hydrogen-bond donors (Lipinski definition) is 0. The van der Waals surface area contributed by atoms with Crippen LogP contribution in [0.5, 0.6) is 23.0 Å². The van der Waals surface area contributed by atoms with Gasteiger partial charge in [-0.3, -0.25) is 4.98 Å². The molecule has 2 aromatic heterocycles. The van der Waals surface area contributed by atoms with Crippen LogP contribution in [0.25, 0.3) is 33.2 Å². The first kappa shape index (κ1) is 20.4. The smallest absolute Gasteiger partial charge is 0.231 e. The van der Waals surface area contributed by atoms with Crippen LogP contribution in [0.15, 0.2) is 55.0 Å². The summed E-state index contributed by atoms with van der Waals surface area (Å²) in [6.07, 6.45) is 6.71. The quantitative estimate of drug-likeness (QED) is 0.440. The van der Waals surface area contributed by atoms with Gasteiger partial charge < -0.3 is 31.4 Å². The van der Waals surface area contributed by atoms with E-state index in [0.717, 1.165) is 57.8 Å². The monoisotopic (exact) mass is 448 g/mol. The molecular formula is C25H21ClN2O4. The Morgan fingerprint density at radius 3 is 2.44 bits per heavy atom. The zero-order valence-electron chi connectivity index (χ0n) is 17.7. The molecule has 6 rings (SSSR count). The highest BCUT2D eigenvalue weighted by atomic mass is 35.5. The predicted octanol–water partition coefficient (Wildman–Crippen LogP) is 1.16. The molecule has 2 aromatic carbocycles. The lowest BCUT2D eigenvalue weighted by Crippen LogP contribution is -3.00. The van der Waals surface area contributed by atoms with E-state index in [1.165, 1.54) is 11.1 Å². The van der Waals surface area contributed by atoms with Crippen LogP contribution < -0.4 is 35.9 Å². The topological polar surface area (TPSA) is 53.7 Å². The summed E-state index contributed by atoms with van der Waals surface area (Å²) in [6.45, 7) is 1.15. The molecule has 4 heterocycles. The molecule has 0 saturated heterocycles. The molecule has 4 aromatic rings. The Hall–Kier alpha value is -3.51. The van der Waals surface area contributed by atoms with Crippen LogP contribution in [0.2, 0.25) is 0 Å². The Morgan fingerprint density at radius 1 is 0.906 bits per heavy atom. The second-order valence-electron chi connectivity index (χ2n) is 7.69. The van der Waals surface area contributed by atoms with Gasteiger partial charge in [-0.2, -0.15) is 4.57 Å². The van der Waals surface area contributed by atoms with Crippen LogP contribution in [-0.2, 0) is 13.0 Å². The molecule has 0 atom stereocenters. The van der Waals surface area contributed by atoms with E-state index < -0.39 is 0 Å². The van der Waals surface area contributed by atoms with Gasteiger partial charge in [0.05, 0.1) is 25.2 Å². The third-order valence-corrected chi connectivity index (χ3v) is 6.11. The van der Waals surface area contributed by atoms with Crippen LogP contribution in [0.4, 0.5) is 0 Å². The number of ether oxygens (including phenoxy) is 4. The number of halogens is 1. The minimum atomic E-state index is 0. The van der Waals surface area contributed by atoms with Crippen molar-refractivity contribution in [2.75, 3.05) is 21.0 Å². The number of aromatic nitrogens is 2. The molecule has 0 radical (unpaired) electrons. The second-order valence-corrected chi connectivity index (χ2v) is 7.69. The lowest BCUT2D eigenvalue weighted by molar-refractivity contribution is -0.686. The number of methoxy groups -OCH3 is 2. The summed E-state index contributed by atoms with van der Waals surface area (Å²) in [6, 6.07) is 12.5. The third kappa shape index (κ3) is 3.02. The molecule has 0 amide bonds. The summed E-state index contributed by atoms with van der Waals surface area (Å²) in [5.41, 5.74) is 5.75. The maximum Gasteiger partial charge on any atom is 0.231 e. The maximum absolute atomic E-state index is 5.77. The summed E-state index contributed by atoms with van der Waals surface area (Å²) in [4.78, 5) is 4.17. The Balaban J connectivity index is 0.00000216. The normalized spacial score (nSPS) is 13.2. The number of benzene rings is 2. The van der Waals surface area contributed by atoms with Crippen molar-refractivity contribution in [1.82, 2.24) is 4.98 Å². The second kappa shape index (κ2) is 7.88. The Morgan fingerprint density at radius 2 is 1.69 bits per heavy atom. The minimum Gasteiger partial charge on any atom is -1.00 e. The Kier molecular flexibility index (Phi) is 5.02. The van der Waals surface area contributed by atoms with Crippen molar-refractivity contribution < 1.29 is 35.9 Å². The Labute approximate surface area is 191 Å². The molecule has 0 fully saturated rings. The molecule has 2 aliphatic rings. The summed E-state index contributed by atoms with van der Waals surface area (Å²) in [5.74, 6) is 3.08. The highest BCUT2D eigenvalue weighted by Crippen LogP contribution is 2.44. The van der Waals surface area contributed by atoms with Crippen molar-refractivity contribution in [3.8, 4) is 45.4 Å². The fourth-order valence-electron chi connectivity index (χ4n) is 4.62. The molecular weight excluding hydrogens is 428 g/mol. The van der Waals surface area contributed by atoms with Gasteiger partial charge in [0.25, 0.3) is 0 Å². The molecule has 0 unspecified atom stereocenters.